The summed E-state index contributed by atoms with van der Waals surface area (Å²) in [5.41, 5.74) is 0. The zero-order chi connectivity index (χ0) is 9.78. The largest absolute Gasteiger partial charge is 0.461 e. The van der Waals surface area contributed by atoms with E-state index in [9.17, 15) is 18.0 Å². The van der Waals surface area contributed by atoms with Crippen molar-refractivity contribution in [3.05, 3.63) is 0 Å². The van der Waals surface area contributed by atoms with E-state index >= 15 is 0 Å². The highest BCUT2D eigenvalue weighted by atomic mass is 19.3. The quantitative estimate of drug-likeness (QED) is 0.651. The van der Waals surface area contributed by atoms with Gasteiger partial charge in [0.2, 0.25) is 0 Å². The van der Waals surface area contributed by atoms with Crippen LogP contribution >= 0.6 is 0 Å². The molecule has 12 heavy (non-hydrogen) atoms. The number of rotatable bonds is 4. The van der Waals surface area contributed by atoms with Crippen molar-refractivity contribution in [1.29, 1.82) is 0 Å². The minimum absolute atomic E-state index is 0.257. The highest BCUT2D eigenvalue weighted by Gasteiger charge is 2.49. The second-order valence-corrected chi connectivity index (χ2v) is 1.99. The van der Waals surface area contributed by atoms with Gasteiger partial charge in [-0.2, -0.15) is 8.78 Å². The molecule has 3 nitrogen and oxygen atoms in total. The number of aliphatic hydroxyl groups is 1. The molecule has 0 aromatic rings. The fourth-order valence-electron chi connectivity index (χ4n) is 0.470. The lowest BCUT2D eigenvalue weighted by Gasteiger charge is -2.16. The van der Waals surface area contributed by atoms with Gasteiger partial charge < -0.3 is 9.84 Å². The Morgan fingerprint density at radius 2 is 2.17 bits per heavy atom. The van der Waals surface area contributed by atoms with Crippen LogP contribution in [0, 0.1) is 0 Å². The van der Waals surface area contributed by atoms with E-state index in [0.717, 1.165) is 0 Å². The standard InChI is InChI=1S/C6H9F3O3/c1-2-12-5(11)6(8,9)4(7)3-10/h4,10H,2-3H2,1H3. The summed E-state index contributed by atoms with van der Waals surface area (Å²) in [5, 5.41) is 8.02. The minimum atomic E-state index is -4.26. The van der Waals surface area contributed by atoms with Crippen molar-refractivity contribution in [3.8, 4) is 0 Å². The molecule has 6 heteroatoms. The van der Waals surface area contributed by atoms with Crippen molar-refractivity contribution < 1.29 is 27.8 Å². The van der Waals surface area contributed by atoms with Crippen molar-refractivity contribution in [3.63, 3.8) is 0 Å². The highest BCUT2D eigenvalue weighted by Crippen LogP contribution is 2.22. The van der Waals surface area contributed by atoms with Gasteiger partial charge in [0.25, 0.3) is 0 Å². The number of hydrogen-bond donors (Lipinski definition) is 1. The number of aliphatic hydroxyl groups excluding tert-OH is 1. The molecule has 0 saturated heterocycles. The summed E-state index contributed by atoms with van der Waals surface area (Å²) in [5.74, 6) is -6.21. The summed E-state index contributed by atoms with van der Waals surface area (Å²) < 4.78 is 40.8. The molecular weight excluding hydrogens is 177 g/mol. The molecule has 1 N–H and O–H groups in total. The molecule has 0 aliphatic rings. The molecular formula is C6H9F3O3. The first kappa shape index (κ1) is 11.2. The Kier molecular flexibility index (Phi) is 4.02. The maximum atomic E-state index is 12.4. The lowest BCUT2D eigenvalue weighted by atomic mass is 10.2. The average Bonchev–Trinajstić information content (AvgIpc) is 2.03. The van der Waals surface area contributed by atoms with E-state index in [0.29, 0.717) is 0 Å². The Hall–Kier alpha value is -0.780. The Bertz CT molecular complexity index is 160. The first-order valence-electron chi connectivity index (χ1n) is 3.26. The van der Waals surface area contributed by atoms with Gasteiger partial charge >= 0.3 is 11.9 Å². The smallest absolute Gasteiger partial charge is 0.380 e. The fraction of sp³-hybridized carbons (Fsp3) is 0.833. The van der Waals surface area contributed by atoms with Crippen LogP contribution in [0.5, 0.6) is 0 Å². The summed E-state index contributed by atoms with van der Waals surface area (Å²) >= 11 is 0. The van der Waals surface area contributed by atoms with Crippen LogP contribution in [0.15, 0.2) is 0 Å². The summed E-state index contributed by atoms with van der Waals surface area (Å²) in [6.45, 7) is -0.349. The minimum Gasteiger partial charge on any atom is -0.461 e. The second kappa shape index (κ2) is 4.30. The summed E-state index contributed by atoms with van der Waals surface area (Å²) in [6, 6.07) is 0. The molecule has 0 aromatic heterocycles. The Balaban J connectivity index is 4.27. The maximum Gasteiger partial charge on any atom is 0.380 e. The monoisotopic (exact) mass is 186 g/mol. The molecule has 0 aromatic carbocycles. The van der Waals surface area contributed by atoms with Gasteiger partial charge in [-0.05, 0) is 6.92 Å². The van der Waals surface area contributed by atoms with Crippen LogP contribution in [0.3, 0.4) is 0 Å². The first-order valence-corrected chi connectivity index (χ1v) is 3.26. The molecule has 1 atom stereocenters. The van der Waals surface area contributed by atoms with E-state index < -0.39 is 24.7 Å². The number of carbonyl (C=O) groups is 1. The molecule has 0 heterocycles. The predicted molar refractivity (Wildman–Crippen MR) is 33.6 cm³/mol. The van der Waals surface area contributed by atoms with Gasteiger partial charge in [0.1, 0.15) is 0 Å². The topological polar surface area (TPSA) is 46.5 Å². The zero-order valence-corrected chi connectivity index (χ0v) is 6.39. The normalized spacial score (nSPS) is 14.1. The Morgan fingerprint density at radius 3 is 2.50 bits per heavy atom. The number of esters is 1. The lowest BCUT2D eigenvalue weighted by molar-refractivity contribution is -0.183. The van der Waals surface area contributed by atoms with E-state index in [1.54, 1.807) is 0 Å². The van der Waals surface area contributed by atoms with E-state index in [1.807, 2.05) is 0 Å². The van der Waals surface area contributed by atoms with Gasteiger partial charge in [-0.1, -0.05) is 0 Å². The summed E-state index contributed by atoms with van der Waals surface area (Å²) in [6.07, 6.45) is -2.91. The van der Waals surface area contributed by atoms with Gasteiger partial charge in [0.15, 0.2) is 6.17 Å². The third-order valence-electron chi connectivity index (χ3n) is 1.10. The fourth-order valence-corrected chi connectivity index (χ4v) is 0.470. The predicted octanol–water partition coefficient (Wildman–Crippen LogP) is 0.515. The number of halogens is 3. The number of carbonyl (C=O) groups excluding carboxylic acids is 1. The molecule has 0 amide bonds. The van der Waals surface area contributed by atoms with E-state index in [-0.39, 0.29) is 6.61 Å². The number of alkyl halides is 3. The number of hydrogen-bond acceptors (Lipinski definition) is 3. The van der Waals surface area contributed by atoms with Crippen LogP contribution in [-0.2, 0) is 9.53 Å². The van der Waals surface area contributed by atoms with Crippen LogP contribution in [0.2, 0.25) is 0 Å². The summed E-state index contributed by atoms with van der Waals surface area (Å²) in [4.78, 5) is 10.3. The van der Waals surface area contributed by atoms with Crippen molar-refractivity contribution in [1.82, 2.24) is 0 Å². The van der Waals surface area contributed by atoms with Crippen LogP contribution in [0.4, 0.5) is 13.2 Å². The van der Waals surface area contributed by atoms with Gasteiger partial charge in [0.05, 0.1) is 13.2 Å². The zero-order valence-electron chi connectivity index (χ0n) is 6.39. The SMILES string of the molecule is CCOC(=O)C(F)(F)C(F)CO. The molecule has 72 valence electrons. The summed E-state index contributed by atoms with van der Waals surface area (Å²) in [7, 11) is 0. The van der Waals surface area contributed by atoms with Crippen molar-refractivity contribution in [2.75, 3.05) is 13.2 Å². The van der Waals surface area contributed by atoms with E-state index in [1.165, 1.54) is 6.92 Å². The Labute approximate surface area is 67.1 Å². The average molecular weight is 186 g/mol. The lowest BCUT2D eigenvalue weighted by Crippen LogP contribution is -2.42. The maximum absolute atomic E-state index is 12.4. The molecule has 1 unspecified atom stereocenters. The molecule has 0 aliphatic carbocycles. The van der Waals surface area contributed by atoms with Crippen LogP contribution < -0.4 is 0 Å². The molecule has 0 aliphatic heterocycles. The molecule has 0 spiro atoms. The van der Waals surface area contributed by atoms with Crippen molar-refractivity contribution in [2.45, 2.75) is 19.0 Å². The molecule has 0 bridgehead atoms. The Morgan fingerprint density at radius 1 is 1.67 bits per heavy atom. The highest BCUT2D eigenvalue weighted by molar-refractivity contribution is 5.78. The van der Waals surface area contributed by atoms with Gasteiger partial charge in [-0.15, -0.1) is 0 Å². The van der Waals surface area contributed by atoms with Gasteiger partial charge in [-0.3, -0.25) is 0 Å². The van der Waals surface area contributed by atoms with Crippen molar-refractivity contribution >= 4 is 5.97 Å². The first-order chi connectivity index (χ1) is 5.46. The number of ether oxygens (including phenoxy) is 1. The second-order valence-electron chi connectivity index (χ2n) is 1.99. The third kappa shape index (κ3) is 2.37. The van der Waals surface area contributed by atoms with Gasteiger partial charge in [-0.25, -0.2) is 9.18 Å². The van der Waals surface area contributed by atoms with Crippen LogP contribution in [0.1, 0.15) is 6.92 Å². The van der Waals surface area contributed by atoms with E-state index in [4.69, 9.17) is 5.11 Å². The van der Waals surface area contributed by atoms with Gasteiger partial charge in [0, 0.05) is 0 Å². The third-order valence-corrected chi connectivity index (χ3v) is 1.10. The molecule has 0 rings (SSSR count). The molecule has 0 saturated carbocycles. The molecule has 0 radical (unpaired) electrons. The van der Waals surface area contributed by atoms with E-state index in [2.05, 4.69) is 4.74 Å². The van der Waals surface area contributed by atoms with Crippen LogP contribution in [-0.4, -0.2) is 36.4 Å². The van der Waals surface area contributed by atoms with Crippen molar-refractivity contribution in [2.24, 2.45) is 0 Å². The molecule has 0 fully saturated rings. The van der Waals surface area contributed by atoms with Crippen LogP contribution in [0.25, 0.3) is 0 Å².